The second-order valence-corrected chi connectivity index (χ2v) is 5.13. The highest BCUT2D eigenvalue weighted by Gasteiger charge is 2.03. The van der Waals surface area contributed by atoms with Crippen molar-refractivity contribution in [3.05, 3.63) is 34.9 Å². The van der Waals surface area contributed by atoms with E-state index in [4.69, 9.17) is 16.3 Å². The Labute approximate surface area is 109 Å². The van der Waals surface area contributed by atoms with Gasteiger partial charge in [0.25, 0.3) is 0 Å². The van der Waals surface area contributed by atoms with Crippen LogP contribution in [0.25, 0.3) is 0 Å². The first-order valence-electron chi connectivity index (χ1n) is 6.02. The Bertz CT molecular complexity index is 321. The van der Waals surface area contributed by atoms with Gasteiger partial charge in [-0.05, 0) is 32.4 Å². The van der Waals surface area contributed by atoms with Crippen LogP contribution < -0.4 is 5.32 Å². The molecule has 1 aromatic carbocycles. The molecule has 17 heavy (non-hydrogen) atoms. The summed E-state index contributed by atoms with van der Waals surface area (Å²) in [6.45, 7) is 6.70. The van der Waals surface area contributed by atoms with Crippen molar-refractivity contribution in [3.63, 3.8) is 0 Å². The van der Waals surface area contributed by atoms with Gasteiger partial charge < -0.3 is 10.1 Å². The Morgan fingerprint density at radius 1 is 1.24 bits per heavy atom. The van der Waals surface area contributed by atoms with Crippen LogP contribution in [0.4, 0.5) is 0 Å². The minimum atomic E-state index is 0.103. The lowest BCUT2D eigenvalue weighted by Crippen LogP contribution is -2.20. The van der Waals surface area contributed by atoms with Crippen LogP contribution in [0, 0.1) is 13.8 Å². The summed E-state index contributed by atoms with van der Waals surface area (Å²) in [7, 11) is 1.68. The summed E-state index contributed by atoms with van der Waals surface area (Å²) in [6, 6.07) is 6.62. The van der Waals surface area contributed by atoms with Crippen LogP contribution in [0.15, 0.2) is 18.2 Å². The molecule has 0 aliphatic carbocycles. The standard InChI is InChI=1S/C14H22ClNO/c1-11-6-12(2)8-13(7-11)9-16-5-4-14(15)10-17-3/h6-8,14,16H,4-5,9-10H2,1-3H3. The van der Waals surface area contributed by atoms with Crippen molar-refractivity contribution in [1.82, 2.24) is 5.32 Å². The molecule has 2 nitrogen and oxygen atoms in total. The first-order valence-corrected chi connectivity index (χ1v) is 6.46. The largest absolute Gasteiger partial charge is 0.383 e. The molecule has 1 N–H and O–H groups in total. The second kappa shape index (κ2) is 7.70. The summed E-state index contributed by atoms with van der Waals surface area (Å²) in [6.07, 6.45) is 0.931. The Balaban J connectivity index is 2.26. The van der Waals surface area contributed by atoms with Gasteiger partial charge in [0.15, 0.2) is 0 Å². The van der Waals surface area contributed by atoms with Crippen molar-refractivity contribution >= 4 is 11.6 Å². The zero-order valence-electron chi connectivity index (χ0n) is 10.9. The van der Waals surface area contributed by atoms with Gasteiger partial charge in [0, 0.05) is 13.7 Å². The minimum Gasteiger partial charge on any atom is -0.383 e. The lowest BCUT2D eigenvalue weighted by molar-refractivity contribution is 0.195. The molecule has 0 heterocycles. The summed E-state index contributed by atoms with van der Waals surface area (Å²) in [5.41, 5.74) is 3.97. The Morgan fingerprint density at radius 2 is 1.88 bits per heavy atom. The molecule has 96 valence electrons. The van der Waals surface area contributed by atoms with E-state index in [0.29, 0.717) is 6.61 Å². The fourth-order valence-electron chi connectivity index (χ4n) is 1.93. The maximum Gasteiger partial charge on any atom is 0.0626 e. The number of halogens is 1. The number of methoxy groups -OCH3 is 1. The Morgan fingerprint density at radius 3 is 2.47 bits per heavy atom. The third kappa shape index (κ3) is 6.06. The molecule has 0 aliphatic rings. The third-order valence-electron chi connectivity index (χ3n) is 2.59. The molecule has 0 aromatic heterocycles. The molecular weight excluding hydrogens is 234 g/mol. The zero-order chi connectivity index (χ0) is 12.7. The summed E-state index contributed by atoms with van der Waals surface area (Å²) < 4.78 is 4.99. The van der Waals surface area contributed by atoms with Gasteiger partial charge in [-0.3, -0.25) is 0 Å². The van der Waals surface area contributed by atoms with Gasteiger partial charge in [0.05, 0.1) is 12.0 Å². The minimum absolute atomic E-state index is 0.103. The lowest BCUT2D eigenvalue weighted by atomic mass is 10.1. The van der Waals surface area contributed by atoms with Gasteiger partial charge in [-0.2, -0.15) is 0 Å². The predicted octanol–water partition coefficient (Wildman–Crippen LogP) is 3.04. The smallest absolute Gasteiger partial charge is 0.0626 e. The van der Waals surface area contributed by atoms with E-state index in [1.54, 1.807) is 7.11 Å². The number of hydrogen-bond acceptors (Lipinski definition) is 2. The molecular formula is C14H22ClNO. The van der Waals surface area contributed by atoms with Gasteiger partial charge >= 0.3 is 0 Å². The van der Waals surface area contributed by atoms with Crippen LogP contribution in [0.1, 0.15) is 23.1 Å². The number of nitrogens with one attached hydrogen (secondary N) is 1. The van der Waals surface area contributed by atoms with Crippen LogP contribution in [-0.4, -0.2) is 25.6 Å². The highest BCUT2D eigenvalue weighted by molar-refractivity contribution is 6.20. The van der Waals surface area contributed by atoms with Gasteiger partial charge in [-0.1, -0.05) is 29.3 Å². The van der Waals surface area contributed by atoms with Crippen molar-refractivity contribution < 1.29 is 4.74 Å². The SMILES string of the molecule is COCC(Cl)CCNCc1cc(C)cc(C)c1. The molecule has 1 aromatic rings. The first-order chi connectivity index (χ1) is 8.11. The maximum atomic E-state index is 6.05. The van der Waals surface area contributed by atoms with Gasteiger partial charge in [-0.25, -0.2) is 0 Å². The number of hydrogen-bond donors (Lipinski definition) is 1. The number of aryl methyl sites for hydroxylation is 2. The van der Waals surface area contributed by atoms with Crippen molar-refractivity contribution in [3.8, 4) is 0 Å². The second-order valence-electron chi connectivity index (χ2n) is 4.51. The lowest BCUT2D eigenvalue weighted by Gasteiger charge is -2.10. The van der Waals surface area contributed by atoms with E-state index >= 15 is 0 Å². The van der Waals surface area contributed by atoms with Crippen LogP contribution >= 0.6 is 11.6 Å². The quantitative estimate of drug-likeness (QED) is 0.597. The number of ether oxygens (including phenoxy) is 1. The van der Waals surface area contributed by atoms with E-state index in [1.807, 2.05) is 0 Å². The molecule has 0 fully saturated rings. The monoisotopic (exact) mass is 255 g/mol. The molecule has 0 saturated heterocycles. The fraction of sp³-hybridized carbons (Fsp3) is 0.571. The molecule has 0 aliphatic heterocycles. The highest BCUT2D eigenvalue weighted by atomic mass is 35.5. The summed E-state index contributed by atoms with van der Waals surface area (Å²) >= 11 is 6.05. The number of benzene rings is 1. The van der Waals surface area contributed by atoms with Gasteiger partial charge in [-0.15, -0.1) is 11.6 Å². The molecule has 1 atom stereocenters. The average Bonchev–Trinajstić information content (AvgIpc) is 2.23. The molecule has 1 rings (SSSR count). The maximum absolute atomic E-state index is 6.05. The first kappa shape index (κ1) is 14.5. The molecule has 1 unspecified atom stereocenters. The summed E-state index contributed by atoms with van der Waals surface area (Å²) in [4.78, 5) is 0. The van der Waals surface area contributed by atoms with E-state index in [0.717, 1.165) is 19.5 Å². The van der Waals surface area contributed by atoms with Crippen LogP contribution in [0.3, 0.4) is 0 Å². The van der Waals surface area contributed by atoms with Crippen LogP contribution in [-0.2, 0) is 11.3 Å². The summed E-state index contributed by atoms with van der Waals surface area (Å²) in [5, 5.41) is 3.51. The van der Waals surface area contributed by atoms with E-state index in [9.17, 15) is 0 Å². The Hall–Kier alpha value is -0.570. The summed E-state index contributed by atoms with van der Waals surface area (Å²) in [5.74, 6) is 0. The van der Waals surface area contributed by atoms with E-state index in [1.165, 1.54) is 16.7 Å². The molecule has 0 spiro atoms. The number of rotatable bonds is 7. The number of alkyl halides is 1. The van der Waals surface area contributed by atoms with E-state index in [-0.39, 0.29) is 5.38 Å². The zero-order valence-corrected chi connectivity index (χ0v) is 11.7. The van der Waals surface area contributed by atoms with E-state index < -0.39 is 0 Å². The molecule has 0 amide bonds. The molecule has 3 heteroatoms. The Kier molecular flexibility index (Phi) is 6.56. The van der Waals surface area contributed by atoms with Gasteiger partial charge in [0.1, 0.15) is 0 Å². The van der Waals surface area contributed by atoms with E-state index in [2.05, 4.69) is 37.4 Å². The molecule has 0 saturated carbocycles. The van der Waals surface area contributed by atoms with Crippen molar-refractivity contribution in [1.29, 1.82) is 0 Å². The van der Waals surface area contributed by atoms with Crippen LogP contribution in [0.2, 0.25) is 0 Å². The van der Waals surface area contributed by atoms with Crippen molar-refractivity contribution in [2.75, 3.05) is 20.3 Å². The third-order valence-corrected chi connectivity index (χ3v) is 2.94. The van der Waals surface area contributed by atoms with Crippen molar-refractivity contribution in [2.45, 2.75) is 32.2 Å². The normalized spacial score (nSPS) is 12.7. The molecule has 0 bridgehead atoms. The fourth-order valence-corrected chi connectivity index (χ4v) is 2.16. The van der Waals surface area contributed by atoms with Crippen molar-refractivity contribution in [2.24, 2.45) is 0 Å². The average molecular weight is 256 g/mol. The van der Waals surface area contributed by atoms with Gasteiger partial charge in [0.2, 0.25) is 0 Å². The predicted molar refractivity (Wildman–Crippen MR) is 73.8 cm³/mol. The highest BCUT2D eigenvalue weighted by Crippen LogP contribution is 2.08. The molecule has 0 radical (unpaired) electrons. The van der Waals surface area contributed by atoms with Crippen LogP contribution in [0.5, 0.6) is 0 Å². The topological polar surface area (TPSA) is 21.3 Å².